The molecule has 0 atom stereocenters. The summed E-state index contributed by atoms with van der Waals surface area (Å²) < 4.78 is 5.07. The number of ether oxygens (including phenoxy) is 1. The molecule has 7 nitrogen and oxygen atoms in total. The van der Waals surface area contributed by atoms with E-state index in [-0.39, 0.29) is 11.4 Å². The van der Waals surface area contributed by atoms with Crippen molar-refractivity contribution in [2.24, 2.45) is 0 Å². The third kappa shape index (κ3) is 3.81. The zero-order valence-corrected chi connectivity index (χ0v) is 17.0. The minimum atomic E-state index is -0.551. The van der Waals surface area contributed by atoms with Crippen molar-refractivity contribution >= 4 is 28.2 Å². The largest absolute Gasteiger partial charge is 0.496 e. The van der Waals surface area contributed by atoms with Crippen molar-refractivity contribution in [1.29, 1.82) is 0 Å². The van der Waals surface area contributed by atoms with E-state index in [0.29, 0.717) is 33.5 Å². The number of fused-ring (bicyclic) bond motifs is 1. The summed E-state index contributed by atoms with van der Waals surface area (Å²) >= 11 is 0. The van der Waals surface area contributed by atoms with Crippen LogP contribution in [0.4, 0.5) is 11.4 Å². The number of methoxy groups -OCH3 is 1. The van der Waals surface area contributed by atoms with Crippen LogP contribution in [0, 0.1) is 17.0 Å². The van der Waals surface area contributed by atoms with Crippen LogP contribution >= 0.6 is 0 Å². The Hall–Kier alpha value is -4.26. The molecule has 1 amide bonds. The van der Waals surface area contributed by atoms with Gasteiger partial charge in [-0.05, 0) is 30.7 Å². The number of amides is 1. The molecule has 0 saturated carbocycles. The quantitative estimate of drug-likeness (QED) is 0.350. The minimum Gasteiger partial charge on any atom is -0.496 e. The van der Waals surface area contributed by atoms with E-state index >= 15 is 0 Å². The highest BCUT2D eigenvalue weighted by molar-refractivity contribution is 6.15. The van der Waals surface area contributed by atoms with Gasteiger partial charge in [0.15, 0.2) is 0 Å². The summed E-state index contributed by atoms with van der Waals surface area (Å²) in [5.74, 6) is -0.108. The Bertz CT molecular complexity index is 1300. The van der Waals surface area contributed by atoms with Gasteiger partial charge >= 0.3 is 0 Å². The second kappa shape index (κ2) is 8.23. The van der Waals surface area contributed by atoms with E-state index in [1.54, 1.807) is 6.07 Å². The molecule has 0 saturated heterocycles. The molecule has 4 aromatic rings. The molecule has 0 radical (unpaired) electrons. The highest BCUT2D eigenvalue weighted by atomic mass is 16.6. The van der Waals surface area contributed by atoms with Crippen molar-refractivity contribution < 1.29 is 14.5 Å². The monoisotopic (exact) mass is 413 g/mol. The van der Waals surface area contributed by atoms with Crippen LogP contribution in [-0.4, -0.2) is 22.9 Å². The lowest BCUT2D eigenvalue weighted by molar-refractivity contribution is -0.384. The van der Waals surface area contributed by atoms with E-state index in [0.717, 1.165) is 5.56 Å². The van der Waals surface area contributed by atoms with Crippen LogP contribution in [-0.2, 0) is 0 Å². The fraction of sp³-hybridized carbons (Fsp3) is 0.0833. The molecule has 1 aromatic heterocycles. The third-order valence-electron chi connectivity index (χ3n) is 5.06. The fourth-order valence-electron chi connectivity index (χ4n) is 3.56. The molecule has 3 aromatic carbocycles. The molecule has 0 aliphatic heterocycles. The summed E-state index contributed by atoms with van der Waals surface area (Å²) in [6.45, 7) is 1.83. The predicted octanol–water partition coefficient (Wildman–Crippen LogP) is 5.38. The van der Waals surface area contributed by atoms with Crippen molar-refractivity contribution in [2.45, 2.75) is 6.92 Å². The van der Waals surface area contributed by atoms with Crippen molar-refractivity contribution in [2.75, 3.05) is 12.4 Å². The number of carbonyl (C=O) groups excluding carboxylic acids is 1. The smallest absolute Gasteiger partial charge is 0.296 e. The number of nitrogens with zero attached hydrogens (tertiary/aromatic N) is 2. The lowest BCUT2D eigenvalue weighted by atomic mass is 9.97. The van der Waals surface area contributed by atoms with Crippen molar-refractivity contribution in [3.63, 3.8) is 0 Å². The molecule has 154 valence electrons. The van der Waals surface area contributed by atoms with Gasteiger partial charge in [0.25, 0.3) is 11.6 Å². The van der Waals surface area contributed by atoms with E-state index in [4.69, 9.17) is 9.72 Å². The van der Waals surface area contributed by atoms with Gasteiger partial charge in [-0.2, -0.15) is 0 Å². The zero-order valence-electron chi connectivity index (χ0n) is 17.0. The number of hydrogen-bond donors (Lipinski definition) is 1. The number of nitrogens with one attached hydrogen (secondary N) is 1. The molecular formula is C24H19N3O4. The summed E-state index contributed by atoms with van der Waals surface area (Å²) in [5, 5.41) is 14.9. The first kappa shape index (κ1) is 20.0. The van der Waals surface area contributed by atoms with Gasteiger partial charge in [0.1, 0.15) is 11.4 Å². The Morgan fingerprint density at radius 1 is 1.03 bits per heavy atom. The lowest BCUT2D eigenvalue weighted by Crippen LogP contribution is -2.16. The first-order chi connectivity index (χ1) is 15.0. The second-order valence-corrected chi connectivity index (χ2v) is 6.94. The molecule has 4 rings (SSSR count). The molecule has 0 bridgehead atoms. The predicted molar refractivity (Wildman–Crippen MR) is 120 cm³/mol. The van der Waals surface area contributed by atoms with Gasteiger partial charge in [-0.1, -0.05) is 48.5 Å². The topological polar surface area (TPSA) is 94.4 Å². The number of rotatable bonds is 5. The van der Waals surface area contributed by atoms with Gasteiger partial charge in [0.05, 0.1) is 34.9 Å². The number of para-hydroxylation sites is 1. The zero-order chi connectivity index (χ0) is 22.0. The number of benzene rings is 3. The third-order valence-corrected chi connectivity index (χ3v) is 5.06. The first-order valence-electron chi connectivity index (χ1n) is 9.58. The molecule has 7 heteroatoms. The number of nitro groups is 1. The van der Waals surface area contributed by atoms with Crippen molar-refractivity contribution in [3.8, 4) is 17.0 Å². The Kier molecular flexibility index (Phi) is 5.32. The number of aromatic nitrogens is 1. The molecule has 0 aliphatic carbocycles. The minimum absolute atomic E-state index is 0.0948. The molecule has 0 fully saturated rings. The van der Waals surface area contributed by atoms with E-state index in [9.17, 15) is 14.9 Å². The maximum atomic E-state index is 13.4. The number of carbonyl (C=O) groups is 1. The van der Waals surface area contributed by atoms with Crippen LogP contribution in [0.2, 0.25) is 0 Å². The standard InChI is InChI=1S/C24H19N3O4/c1-15-22(24(28)26-20-13-12-17(31-2)14-21(20)27(29)30)18-10-6-7-11-19(18)25-23(15)16-8-4-3-5-9-16/h3-14H,1-2H3,(H,26,28). The molecule has 1 N–H and O–H groups in total. The lowest BCUT2D eigenvalue weighted by Gasteiger charge is -2.15. The highest BCUT2D eigenvalue weighted by Crippen LogP contribution is 2.33. The second-order valence-electron chi connectivity index (χ2n) is 6.94. The van der Waals surface area contributed by atoms with Crippen molar-refractivity contribution in [3.05, 3.63) is 94.0 Å². The Balaban J connectivity index is 1.85. The van der Waals surface area contributed by atoms with Crippen LogP contribution in [0.15, 0.2) is 72.8 Å². The highest BCUT2D eigenvalue weighted by Gasteiger charge is 2.22. The summed E-state index contributed by atoms with van der Waals surface area (Å²) in [6, 6.07) is 21.3. The van der Waals surface area contributed by atoms with Gasteiger partial charge in [0.2, 0.25) is 0 Å². The Morgan fingerprint density at radius 2 is 1.74 bits per heavy atom. The first-order valence-corrected chi connectivity index (χ1v) is 9.58. The summed E-state index contributed by atoms with van der Waals surface area (Å²) in [5.41, 5.74) is 3.21. The Labute approximate surface area is 178 Å². The number of hydrogen-bond acceptors (Lipinski definition) is 5. The average molecular weight is 413 g/mol. The molecule has 31 heavy (non-hydrogen) atoms. The van der Waals surface area contributed by atoms with Crippen LogP contribution in [0.1, 0.15) is 15.9 Å². The van der Waals surface area contributed by atoms with Crippen molar-refractivity contribution in [1.82, 2.24) is 4.98 Å². The molecule has 0 spiro atoms. The SMILES string of the molecule is COc1ccc(NC(=O)c2c(C)c(-c3ccccc3)nc3ccccc23)c([N+](=O)[O-])c1. The molecule has 1 heterocycles. The van der Waals surface area contributed by atoms with Crippen LogP contribution in [0.25, 0.3) is 22.2 Å². The molecule has 0 aliphatic rings. The van der Waals surface area contributed by atoms with E-state index in [2.05, 4.69) is 5.32 Å². The van der Waals surface area contributed by atoms with Gasteiger partial charge < -0.3 is 10.1 Å². The number of pyridine rings is 1. The van der Waals surface area contributed by atoms with Gasteiger partial charge in [-0.15, -0.1) is 0 Å². The van der Waals surface area contributed by atoms with Crippen LogP contribution < -0.4 is 10.1 Å². The van der Waals surface area contributed by atoms with E-state index in [1.807, 2.05) is 61.5 Å². The van der Waals surface area contributed by atoms with E-state index < -0.39 is 10.8 Å². The number of nitro benzene ring substituents is 1. The van der Waals surface area contributed by atoms with Crippen LogP contribution in [0.3, 0.4) is 0 Å². The van der Waals surface area contributed by atoms with Gasteiger partial charge in [-0.3, -0.25) is 14.9 Å². The number of anilines is 1. The maximum absolute atomic E-state index is 13.4. The van der Waals surface area contributed by atoms with Gasteiger partial charge in [0, 0.05) is 10.9 Å². The van der Waals surface area contributed by atoms with E-state index in [1.165, 1.54) is 19.2 Å². The Morgan fingerprint density at radius 3 is 2.45 bits per heavy atom. The average Bonchev–Trinajstić information content (AvgIpc) is 2.79. The normalized spacial score (nSPS) is 10.6. The molecule has 0 unspecified atom stereocenters. The molecular weight excluding hydrogens is 394 g/mol. The maximum Gasteiger partial charge on any atom is 0.296 e. The summed E-state index contributed by atoms with van der Waals surface area (Å²) in [4.78, 5) is 29.1. The van der Waals surface area contributed by atoms with Crippen LogP contribution in [0.5, 0.6) is 5.75 Å². The fourth-order valence-corrected chi connectivity index (χ4v) is 3.56. The summed E-state index contributed by atoms with van der Waals surface area (Å²) in [6.07, 6.45) is 0. The summed E-state index contributed by atoms with van der Waals surface area (Å²) in [7, 11) is 1.43. The van der Waals surface area contributed by atoms with Gasteiger partial charge in [-0.25, -0.2) is 4.98 Å².